The van der Waals surface area contributed by atoms with Gasteiger partial charge in [0.2, 0.25) is 0 Å². The second-order valence-electron chi connectivity index (χ2n) is 8.57. The number of nitrogens with zero attached hydrogens (tertiary/aromatic N) is 4. The summed E-state index contributed by atoms with van der Waals surface area (Å²) < 4.78 is 0. The quantitative estimate of drug-likeness (QED) is 0.825. The Hall–Kier alpha value is -2.44. The Morgan fingerprint density at radius 3 is 2.53 bits per heavy atom. The second kappa shape index (κ2) is 9.58. The highest BCUT2D eigenvalue weighted by molar-refractivity contribution is 6.05. The summed E-state index contributed by atoms with van der Waals surface area (Å²) in [6.07, 6.45) is 5.44. The molecule has 1 N–H and O–H groups in total. The first-order valence-electron chi connectivity index (χ1n) is 11.1. The van der Waals surface area contributed by atoms with Crippen LogP contribution in [0.1, 0.15) is 42.1 Å². The van der Waals surface area contributed by atoms with E-state index in [4.69, 9.17) is 0 Å². The molecule has 2 fully saturated rings. The standard InChI is InChI=1S/C24H33N5O/c1-19-17-28(15-12-25-19)18-20-6-9-22(10-7-20)27(2)24(30)21-8-11-23(26-16-21)29-13-4-3-5-14-29/h6-11,16,19,25H,3-5,12-15,17-18H2,1-2H3/t19-/m0/s1. The van der Waals surface area contributed by atoms with Gasteiger partial charge in [0.1, 0.15) is 5.82 Å². The molecule has 6 heteroatoms. The lowest BCUT2D eigenvalue weighted by Crippen LogP contribution is -2.48. The number of pyridine rings is 1. The van der Waals surface area contributed by atoms with Gasteiger partial charge in [-0.3, -0.25) is 9.69 Å². The van der Waals surface area contributed by atoms with Crippen LogP contribution in [0.25, 0.3) is 0 Å². The fraction of sp³-hybridized carbons (Fsp3) is 0.500. The van der Waals surface area contributed by atoms with Gasteiger partial charge in [0.05, 0.1) is 5.56 Å². The van der Waals surface area contributed by atoms with Crippen LogP contribution in [0, 0.1) is 0 Å². The topological polar surface area (TPSA) is 51.7 Å². The predicted octanol–water partition coefficient (Wildman–Crippen LogP) is 3.14. The Morgan fingerprint density at radius 1 is 1.10 bits per heavy atom. The number of aromatic nitrogens is 1. The molecule has 2 aliphatic heterocycles. The third kappa shape index (κ3) is 4.99. The normalized spacial score (nSPS) is 20.2. The molecule has 160 valence electrons. The third-order valence-corrected chi connectivity index (χ3v) is 6.16. The summed E-state index contributed by atoms with van der Waals surface area (Å²) in [4.78, 5) is 24.0. The van der Waals surface area contributed by atoms with Crippen molar-refractivity contribution in [1.82, 2.24) is 15.2 Å². The van der Waals surface area contributed by atoms with E-state index >= 15 is 0 Å². The molecule has 4 rings (SSSR count). The van der Waals surface area contributed by atoms with Gasteiger partial charge >= 0.3 is 0 Å². The van der Waals surface area contributed by atoms with Crippen LogP contribution in [0.3, 0.4) is 0 Å². The van der Waals surface area contributed by atoms with E-state index in [-0.39, 0.29) is 5.91 Å². The van der Waals surface area contributed by atoms with Crippen molar-refractivity contribution in [2.24, 2.45) is 0 Å². The molecule has 30 heavy (non-hydrogen) atoms. The number of anilines is 2. The first-order valence-corrected chi connectivity index (χ1v) is 11.1. The second-order valence-corrected chi connectivity index (χ2v) is 8.57. The number of hydrogen-bond acceptors (Lipinski definition) is 5. The van der Waals surface area contributed by atoms with E-state index < -0.39 is 0 Å². The maximum absolute atomic E-state index is 12.9. The highest BCUT2D eigenvalue weighted by Crippen LogP contribution is 2.20. The van der Waals surface area contributed by atoms with Gasteiger partial charge in [-0.2, -0.15) is 0 Å². The number of amides is 1. The minimum absolute atomic E-state index is 0.0311. The van der Waals surface area contributed by atoms with Crippen molar-refractivity contribution in [3.63, 3.8) is 0 Å². The van der Waals surface area contributed by atoms with Crippen molar-refractivity contribution in [3.8, 4) is 0 Å². The van der Waals surface area contributed by atoms with Gasteiger partial charge in [0.25, 0.3) is 5.91 Å². The van der Waals surface area contributed by atoms with Crippen LogP contribution in [0.2, 0.25) is 0 Å². The molecule has 1 amide bonds. The van der Waals surface area contributed by atoms with Crippen LogP contribution in [0.4, 0.5) is 11.5 Å². The molecule has 0 saturated carbocycles. The summed E-state index contributed by atoms with van der Waals surface area (Å²) in [7, 11) is 1.83. The lowest BCUT2D eigenvalue weighted by Gasteiger charge is -2.31. The zero-order chi connectivity index (χ0) is 20.9. The minimum Gasteiger partial charge on any atom is -0.357 e. The van der Waals surface area contributed by atoms with Crippen molar-refractivity contribution >= 4 is 17.4 Å². The van der Waals surface area contributed by atoms with E-state index in [1.807, 2.05) is 31.3 Å². The number of piperidine rings is 1. The van der Waals surface area contributed by atoms with Crippen molar-refractivity contribution < 1.29 is 4.79 Å². The Balaban J connectivity index is 1.37. The Kier molecular flexibility index (Phi) is 6.65. The molecular formula is C24H33N5O. The predicted molar refractivity (Wildman–Crippen MR) is 122 cm³/mol. The lowest BCUT2D eigenvalue weighted by molar-refractivity contribution is 0.0992. The van der Waals surface area contributed by atoms with Gasteiger partial charge in [-0.05, 0) is 56.0 Å². The zero-order valence-corrected chi connectivity index (χ0v) is 18.2. The van der Waals surface area contributed by atoms with Crippen LogP contribution in [-0.4, -0.2) is 61.6 Å². The molecular weight excluding hydrogens is 374 g/mol. The molecule has 6 nitrogen and oxygen atoms in total. The number of rotatable bonds is 5. The summed E-state index contributed by atoms with van der Waals surface area (Å²) in [5, 5.41) is 3.48. The van der Waals surface area contributed by atoms with Crippen LogP contribution < -0.4 is 15.1 Å². The van der Waals surface area contributed by atoms with Gasteiger partial charge in [-0.15, -0.1) is 0 Å². The van der Waals surface area contributed by atoms with Crippen molar-refractivity contribution in [1.29, 1.82) is 0 Å². The number of nitrogens with one attached hydrogen (secondary N) is 1. The molecule has 2 saturated heterocycles. The van der Waals surface area contributed by atoms with Crippen molar-refractivity contribution in [2.75, 3.05) is 49.6 Å². The van der Waals surface area contributed by atoms with E-state index in [1.54, 1.807) is 11.1 Å². The Morgan fingerprint density at radius 2 is 1.87 bits per heavy atom. The highest BCUT2D eigenvalue weighted by Gasteiger charge is 2.18. The van der Waals surface area contributed by atoms with Gasteiger partial charge in [0.15, 0.2) is 0 Å². The van der Waals surface area contributed by atoms with Crippen molar-refractivity contribution in [3.05, 3.63) is 53.7 Å². The van der Waals surface area contributed by atoms with E-state index in [1.165, 1.54) is 24.8 Å². The molecule has 1 atom stereocenters. The van der Waals surface area contributed by atoms with Gasteiger partial charge < -0.3 is 15.1 Å². The Labute approximate surface area is 179 Å². The van der Waals surface area contributed by atoms with Crippen molar-refractivity contribution in [2.45, 2.75) is 38.8 Å². The molecule has 0 radical (unpaired) electrons. The van der Waals surface area contributed by atoms with Crippen LogP contribution in [-0.2, 0) is 6.54 Å². The summed E-state index contributed by atoms with van der Waals surface area (Å²) in [6, 6.07) is 12.7. The molecule has 1 aromatic heterocycles. The molecule has 3 heterocycles. The summed E-state index contributed by atoms with van der Waals surface area (Å²) >= 11 is 0. The summed E-state index contributed by atoms with van der Waals surface area (Å²) in [5.74, 6) is 0.942. The van der Waals surface area contributed by atoms with Crippen LogP contribution in [0.5, 0.6) is 0 Å². The largest absolute Gasteiger partial charge is 0.357 e. The fourth-order valence-corrected chi connectivity index (χ4v) is 4.37. The van der Waals surface area contributed by atoms with Gasteiger partial charge in [0, 0.05) is 64.2 Å². The average Bonchev–Trinajstić information content (AvgIpc) is 2.79. The summed E-state index contributed by atoms with van der Waals surface area (Å²) in [6.45, 7) is 8.47. The molecule has 2 aromatic rings. The number of carbonyl (C=O) groups is 1. The van der Waals surface area contributed by atoms with Crippen LogP contribution in [0.15, 0.2) is 42.6 Å². The molecule has 0 aliphatic carbocycles. The average molecular weight is 408 g/mol. The van der Waals surface area contributed by atoms with E-state index in [0.717, 1.165) is 50.8 Å². The zero-order valence-electron chi connectivity index (χ0n) is 18.2. The molecule has 0 unspecified atom stereocenters. The fourth-order valence-electron chi connectivity index (χ4n) is 4.37. The first kappa shape index (κ1) is 20.8. The van der Waals surface area contributed by atoms with E-state index in [0.29, 0.717) is 11.6 Å². The number of carbonyl (C=O) groups excluding carboxylic acids is 1. The molecule has 0 bridgehead atoms. The molecule has 2 aliphatic rings. The summed E-state index contributed by atoms with van der Waals surface area (Å²) in [5.41, 5.74) is 2.80. The molecule has 0 spiro atoms. The monoisotopic (exact) mass is 407 g/mol. The Bertz CT molecular complexity index is 830. The minimum atomic E-state index is -0.0311. The molecule has 1 aromatic carbocycles. The number of piperazine rings is 1. The number of benzene rings is 1. The SMILES string of the molecule is C[C@H]1CN(Cc2ccc(N(C)C(=O)c3ccc(N4CCCCC4)nc3)cc2)CCN1. The van der Waals surface area contributed by atoms with Gasteiger partial charge in [-0.25, -0.2) is 4.98 Å². The first-order chi connectivity index (χ1) is 14.6. The van der Waals surface area contributed by atoms with Gasteiger partial charge in [-0.1, -0.05) is 12.1 Å². The maximum atomic E-state index is 12.9. The highest BCUT2D eigenvalue weighted by atomic mass is 16.2. The number of hydrogen-bond donors (Lipinski definition) is 1. The van der Waals surface area contributed by atoms with E-state index in [2.05, 4.69) is 39.2 Å². The van der Waals surface area contributed by atoms with E-state index in [9.17, 15) is 4.79 Å². The maximum Gasteiger partial charge on any atom is 0.259 e. The van der Waals surface area contributed by atoms with Crippen LogP contribution >= 0.6 is 0 Å². The third-order valence-electron chi connectivity index (χ3n) is 6.16. The lowest BCUT2D eigenvalue weighted by atomic mass is 10.1. The smallest absolute Gasteiger partial charge is 0.259 e.